The summed E-state index contributed by atoms with van der Waals surface area (Å²) in [5, 5.41) is 3.84. The molecule has 1 aromatic heterocycles. The maximum Gasteiger partial charge on any atom is 0.272 e. The second-order valence-corrected chi connectivity index (χ2v) is 10.1. The normalized spacial score (nSPS) is 19.4. The number of H-pyrrole nitrogens is 1. The maximum absolute atomic E-state index is 14.6. The number of amides is 2. The van der Waals surface area contributed by atoms with Crippen LogP contribution >= 0.6 is 0 Å². The summed E-state index contributed by atoms with van der Waals surface area (Å²) in [5.41, 5.74) is 3.50. The lowest BCUT2D eigenvalue weighted by molar-refractivity contribution is -0.140. The third-order valence-electron chi connectivity index (χ3n) is 7.60. The van der Waals surface area contributed by atoms with Crippen LogP contribution < -0.4 is 5.32 Å². The second-order valence-electron chi connectivity index (χ2n) is 10.1. The number of nitrogens with one attached hydrogen (secondary N) is 2. The first-order valence-corrected chi connectivity index (χ1v) is 12.6. The molecule has 2 N–H and O–H groups in total. The number of hydrogen-bond acceptors (Lipinski definition) is 3. The van der Waals surface area contributed by atoms with Crippen LogP contribution in [0.4, 0.5) is 10.1 Å². The van der Waals surface area contributed by atoms with Gasteiger partial charge in [0.15, 0.2) is 0 Å². The van der Waals surface area contributed by atoms with Gasteiger partial charge < -0.3 is 15.2 Å². The van der Waals surface area contributed by atoms with Crippen LogP contribution in [0, 0.1) is 18.7 Å². The second kappa shape index (κ2) is 9.82. The van der Waals surface area contributed by atoms with Crippen LogP contribution in [-0.2, 0) is 11.3 Å². The Hall–Kier alpha value is -3.19. The number of fused-ring (bicyclic) bond motifs is 1. The van der Waals surface area contributed by atoms with Gasteiger partial charge in [0, 0.05) is 54.7 Å². The van der Waals surface area contributed by atoms with Crippen molar-refractivity contribution in [2.45, 2.75) is 52.1 Å². The predicted molar refractivity (Wildman–Crippen MR) is 136 cm³/mol. The van der Waals surface area contributed by atoms with E-state index in [-0.39, 0.29) is 23.7 Å². The molecule has 2 amide bonds. The summed E-state index contributed by atoms with van der Waals surface area (Å²) in [6, 6.07) is 12.5. The molecule has 2 heterocycles. The van der Waals surface area contributed by atoms with E-state index in [9.17, 15) is 14.0 Å². The minimum absolute atomic E-state index is 0.131. The van der Waals surface area contributed by atoms with Gasteiger partial charge in [0.2, 0.25) is 5.91 Å². The molecule has 2 fully saturated rings. The minimum atomic E-state index is -0.374. The van der Waals surface area contributed by atoms with E-state index >= 15 is 0 Å². The zero-order valence-electron chi connectivity index (χ0n) is 20.4. The van der Waals surface area contributed by atoms with Crippen LogP contribution in [0.2, 0.25) is 0 Å². The maximum atomic E-state index is 14.6. The molecule has 6 nitrogen and oxygen atoms in total. The number of piperazine rings is 1. The van der Waals surface area contributed by atoms with Crippen molar-refractivity contribution >= 4 is 28.4 Å². The SMILES string of the molecule is Cc1c(CN2CCN(C(=O)C3CCCC3)C(C)C2)cc(F)cc1NC(=O)c1cc2ccccc2[nH]1. The molecular weight excluding hydrogens is 443 g/mol. The lowest BCUT2D eigenvalue weighted by Gasteiger charge is -2.41. The first kappa shape index (κ1) is 23.5. The summed E-state index contributed by atoms with van der Waals surface area (Å²) in [6.45, 7) is 6.81. The van der Waals surface area contributed by atoms with Gasteiger partial charge in [0.25, 0.3) is 5.91 Å². The lowest BCUT2D eigenvalue weighted by Crippen LogP contribution is -2.54. The van der Waals surface area contributed by atoms with Gasteiger partial charge in [-0.1, -0.05) is 31.0 Å². The molecule has 1 aliphatic heterocycles. The standard InChI is InChI=1S/C28H33FN4O2/c1-18-16-32(11-12-33(18)28(35)20-7-3-4-8-20)17-22-13-23(29)15-25(19(22)2)31-27(34)26-14-21-9-5-6-10-24(21)30-26/h5-6,9-10,13-15,18,20,30H,3-4,7-8,11-12,16-17H2,1-2H3,(H,31,34). The van der Waals surface area contributed by atoms with E-state index in [0.29, 0.717) is 30.4 Å². The van der Waals surface area contributed by atoms with E-state index in [1.54, 1.807) is 12.1 Å². The Bertz CT molecular complexity index is 1210. The molecular formula is C28H33FN4O2. The first-order valence-electron chi connectivity index (χ1n) is 12.6. The molecule has 1 saturated heterocycles. The van der Waals surface area contributed by atoms with Gasteiger partial charge in [-0.25, -0.2) is 4.39 Å². The molecule has 2 aliphatic rings. The van der Waals surface area contributed by atoms with E-state index < -0.39 is 0 Å². The number of aromatic amines is 1. The van der Waals surface area contributed by atoms with E-state index in [2.05, 4.69) is 22.1 Å². The van der Waals surface area contributed by atoms with Crippen LogP contribution in [0.1, 0.15) is 54.2 Å². The van der Waals surface area contributed by atoms with Crippen molar-refractivity contribution in [1.29, 1.82) is 0 Å². The number of halogens is 1. The largest absolute Gasteiger partial charge is 0.351 e. The first-order chi connectivity index (χ1) is 16.9. The highest BCUT2D eigenvalue weighted by atomic mass is 19.1. The number of benzene rings is 2. The Morgan fingerprint density at radius 2 is 1.89 bits per heavy atom. The zero-order chi connectivity index (χ0) is 24.5. The molecule has 1 atom stereocenters. The quantitative estimate of drug-likeness (QED) is 0.539. The van der Waals surface area contributed by atoms with Gasteiger partial charge in [-0.15, -0.1) is 0 Å². The average Bonchev–Trinajstić information content (AvgIpc) is 3.52. The van der Waals surface area contributed by atoms with Crippen LogP contribution in [0.5, 0.6) is 0 Å². The molecule has 3 aromatic rings. The number of carbonyl (C=O) groups is 2. The molecule has 1 aliphatic carbocycles. The molecule has 1 unspecified atom stereocenters. The molecule has 0 bridgehead atoms. The smallest absolute Gasteiger partial charge is 0.272 e. The summed E-state index contributed by atoms with van der Waals surface area (Å²) in [6.07, 6.45) is 4.34. The Morgan fingerprint density at radius 3 is 2.63 bits per heavy atom. The van der Waals surface area contributed by atoms with E-state index in [4.69, 9.17) is 0 Å². The molecule has 0 radical (unpaired) electrons. The van der Waals surface area contributed by atoms with Crippen molar-refractivity contribution in [2.24, 2.45) is 5.92 Å². The highest BCUT2D eigenvalue weighted by molar-refractivity contribution is 6.06. The van der Waals surface area contributed by atoms with Crippen molar-refractivity contribution in [3.63, 3.8) is 0 Å². The van der Waals surface area contributed by atoms with Crippen molar-refractivity contribution < 1.29 is 14.0 Å². The summed E-state index contributed by atoms with van der Waals surface area (Å²) in [7, 11) is 0. The number of carbonyl (C=O) groups excluding carboxylic acids is 2. The van der Waals surface area contributed by atoms with Crippen LogP contribution in [0.15, 0.2) is 42.5 Å². The fraction of sp³-hybridized carbons (Fsp3) is 0.429. The minimum Gasteiger partial charge on any atom is -0.351 e. The van der Waals surface area contributed by atoms with Gasteiger partial charge in [-0.2, -0.15) is 0 Å². The van der Waals surface area contributed by atoms with Gasteiger partial charge in [-0.3, -0.25) is 14.5 Å². The topological polar surface area (TPSA) is 68.4 Å². The van der Waals surface area contributed by atoms with E-state index in [0.717, 1.165) is 60.8 Å². The average molecular weight is 477 g/mol. The van der Waals surface area contributed by atoms with E-state index in [1.807, 2.05) is 36.1 Å². The fourth-order valence-electron chi connectivity index (χ4n) is 5.57. The number of rotatable bonds is 5. The molecule has 35 heavy (non-hydrogen) atoms. The molecule has 7 heteroatoms. The highest BCUT2D eigenvalue weighted by Crippen LogP contribution is 2.29. The molecule has 5 rings (SSSR count). The van der Waals surface area contributed by atoms with Gasteiger partial charge in [0.1, 0.15) is 11.5 Å². The summed E-state index contributed by atoms with van der Waals surface area (Å²) in [4.78, 5) is 33.2. The summed E-state index contributed by atoms with van der Waals surface area (Å²) >= 11 is 0. The molecule has 0 spiro atoms. The summed E-state index contributed by atoms with van der Waals surface area (Å²) < 4.78 is 14.6. The van der Waals surface area contributed by atoms with Crippen LogP contribution in [-0.4, -0.2) is 52.3 Å². The van der Waals surface area contributed by atoms with Gasteiger partial charge >= 0.3 is 0 Å². The number of para-hydroxylation sites is 1. The number of aromatic nitrogens is 1. The number of nitrogens with zero attached hydrogens (tertiary/aromatic N) is 2. The number of anilines is 1. The van der Waals surface area contributed by atoms with Crippen molar-refractivity contribution in [1.82, 2.24) is 14.8 Å². The highest BCUT2D eigenvalue weighted by Gasteiger charge is 2.33. The summed E-state index contributed by atoms with van der Waals surface area (Å²) in [5.74, 6) is -0.175. The Kier molecular flexibility index (Phi) is 6.60. The van der Waals surface area contributed by atoms with E-state index in [1.165, 1.54) is 6.07 Å². The Balaban J connectivity index is 1.26. The monoisotopic (exact) mass is 476 g/mol. The molecule has 2 aromatic carbocycles. The molecule has 184 valence electrons. The third kappa shape index (κ3) is 4.96. The number of hydrogen-bond donors (Lipinski definition) is 2. The zero-order valence-corrected chi connectivity index (χ0v) is 20.4. The van der Waals surface area contributed by atoms with Crippen molar-refractivity contribution in [3.8, 4) is 0 Å². The van der Waals surface area contributed by atoms with Crippen LogP contribution in [0.3, 0.4) is 0 Å². The molecule has 1 saturated carbocycles. The van der Waals surface area contributed by atoms with Crippen molar-refractivity contribution in [3.05, 3.63) is 65.1 Å². The Morgan fingerprint density at radius 1 is 1.11 bits per heavy atom. The fourth-order valence-corrected chi connectivity index (χ4v) is 5.57. The van der Waals surface area contributed by atoms with Gasteiger partial charge in [-0.05, 0) is 62.1 Å². The predicted octanol–water partition coefficient (Wildman–Crippen LogP) is 5.09. The Labute approximate surface area is 205 Å². The van der Waals surface area contributed by atoms with Crippen molar-refractivity contribution in [2.75, 3.05) is 25.0 Å². The third-order valence-corrected chi connectivity index (χ3v) is 7.60. The van der Waals surface area contributed by atoms with Gasteiger partial charge in [0.05, 0.1) is 0 Å². The lowest BCUT2D eigenvalue weighted by atomic mass is 10.0. The van der Waals surface area contributed by atoms with Crippen LogP contribution in [0.25, 0.3) is 10.9 Å².